The Labute approximate surface area is 123 Å². The fourth-order valence-electron chi connectivity index (χ4n) is 1.36. The Morgan fingerprint density at radius 1 is 1.24 bits per heavy atom. The lowest BCUT2D eigenvalue weighted by atomic mass is 10.1. The summed E-state index contributed by atoms with van der Waals surface area (Å²) in [6, 6.07) is 3.99. The van der Waals surface area contributed by atoms with E-state index in [1.54, 1.807) is 0 Å². The number of rotatable bonds is 2. The van der Waals surface area contributed by atoms with Gasteiger partial charge < -0.3 is 0 Å². The number of hydrogen-bond donors (Lipinski definition) is 0. The van der Waals surface area contributed by atoms with Crippen molar-refractivity contribution in [3.63, 3.8) is 0 Å². The average Bonchev–Trinajstić information content (AvgIpc) is 2.69. The number of thiophene rings is 1. The molecular weight excluding hydrogens is 397 g/mol. The zero-order valence-corrected chi connectivity index (χ0v) is 12.9. The van der Waals surface area contributed by atoms with Crippen molar-refractivity contribution in [3.05, 3.63) is 55.1 Å². The molecule has 0 aliphatic heterocycles. The Morgan fingerprint density at radius 2 is 1.88 bits per heavy atom. The molecule has 1 aromatic heterocycles. The molecule has 1 heterocycles. The van der Waals surface area contributed by atoms with Gasteiger partial charge in [0.25, 0.3) is 0 Å². The van der Waals surface area contributed by atoms with Crippen LogP contribution in [0.2, 0.25) is 5.02 Å². The van der Waals surface area contributed by atoms with Gasteiger partial charge in [0.05, 0.1) is 4.83 Å². The van der Waals surface area contributed by atoms with E-state index in [-0.39, 0.29) is 9.85 Å². The van der Waals surface area contributed by atoms with Crippen LogP contribution in [0.5, 0.6) is 0 Å². The maximum atomic E-state index is 13.2. The van der Waals surface area contributed by atoms with Crippen molar-refractivity contribution in [1.29, 1.82) is 0 Å². The molecule has 0 spiro atoms. The van der Waals surface area contributed by atoms with Gasteiger partial charge >= 0.3 is 0 Å². The van der Waals surface area contributed by atoms with Gasteiger partial charge in [-0.2, -0.15) is 0 Å². The lowest BCUT2D eigenvalue weighted by Crippen LogP contribution is -1.95. The van der Waals surface area contributed by atoms with E-state index in [1.807, 2.05) is 11.4 Å². The summed E-state index contributed by atoms with van der Waals surface area (Å²) in [6.07, 6.45) is 0. The minimum Gasteiger partial charge on any atom is -0.204 e. The van der Waals surface area contributed by atoms with E-state index >= 15 is 0 Å². The van der Waals surface area contributed by atoms with Crippen LogP contribution in [0, 0.1) is 11.6 Å². The number of hydrogen-bond acceptors (Lipinski definition) is 1. The minimum absolute atomic E-state index is 0.200. The van der Waals surface area contributed by atoms with Crippen LogP contribution in [0.1, 0.15) is 15.3 Å². The van der Waals surface area contributed by atoms with E-state index in [9.17, 15) is 8.78 Å². The quantitative estimate of drug-likeness (QED) is 0.432. The van der Waals surface area contributed by atoms with Gasteiger partial charge in [-0.1, -0.05) is 27.5 Å². The third kappa shape index (κ3) is 2.72. The zero-order valence-electron chi connectivity index (χ0n) is 8.18. The summed E-state index contributed by atoms with van der Waals surface area (Å²) in [7, 11) is 0. The van der Waals surface area contributed by atoms with Gasteiger partial charge in [-0.3, -0.25) is 0 Å². The van der Waals surface area contributed by atoms with Crippen molar-refractivity contribution in [2.45, 2.75) is 4.83 Å². The van der Waals surface area contributed by atoms with Gasteiger partial charge in [0.2, 0.25) is 0 Å². The van der Waals surface area contributed by atoms with Crippen molar-refractivity contribution in [1.82, 2.24) is 0 Å². The summed E-state index contributed by atoms with van der Waals surface area (Å²) in [5, 5.41) is 2.10. The maximum Gasteiger partial charge on any atom is 0.160 e. The first kappa shape index (κ1) is 13.5. The van der Waals surface area contributed by atoms with Crippen LogP contribution in [-0.2, 0) is 0 Å². The van der Waals surface area contributed by atoms with Crippen LogP contribution in [0.25, 0.3) is 0 Å². The van der Waals surface area contributed by atoms with Gasteiger partial charge in [0.15, 0.2) is 11.6 Å². The Kier molecular flexibility index (Phi) is 4.23. The summed E-state index contributed by atoms with van der Waals surface area (Å²) in [5.41, 5.74) is 0.508. The van der Waals surface area contributed by atoms with Crippen LogP contribution in [0.15, 0.2) is 28.1 Å². The predicted octanol–water partition coefficient (Wildman–Crippen LogP) is 5.93. The highest BCUT2D eigenvalue weighted by Crippen LogP contribution is 2.41. The highest BCUT2D eigenvalue weighted by molar-refractivity contribution is 9.11. The second-order valence-corrected chi connectivity index (χ2v) is 6.41. The molecule has 6 heteroatoms. The predicted molar refractivity (Wildman–Crippen MR) is 74.2 cm³/mol. The number of alkyl halides is 1. The van der Waals surface area contributed by atoms with Crippen LogP contribution >= 0.6 is 54.8 Å². The van der Waals surface area contributed by atoms with Crippen molar-refractivity contribution < 1.29 is 8.78 Å². The highest BCUT2D eigenvalue weighted by Gasteiger charge is 2.20. The molecule has 0 aliphatic rings. The van der Waals surface area contributed by atoms with Crippen molar-refractivity contribution >= 4 is 54.8 Å². The standard InChI is InChI=1S/C11H5Br2ClF2S/c12-6-1-2-17-11(6)10(13)5-3-8(15)9(16)4-7(5)14/h1-4,10H. The monoisotopic (exact) mass is 400 g/mol. The molecule has 0 aliphatic carbocycles. The molecule has 17 heavy (non-hydrogen) atoms. The molecule has 2 aromatic rings. The Hall–Kier alpha value is 0.0300. The van der Waals surface area contributed by atoms with Crippen LogP contribution in [-0.4, -0.2) is 0 Å². The van der Waals surface area contributed by atoms with Gasteiger partial charge in [-0.25, -0.2) is 8.78 Å². The summed E-state index contributed by atoms with van der Waals surface area (Å²) >= 11 is 14.3. The van der Waals surface area contributed by atoms with Gasteiger partial charge in [0.1, 0.15) is 0 Å². The normalized spacial score (nSPS) is 12.8. The van der Waals surface area contributed by atoms with E-state index < -0.39 is 11.6 Å². The third-order valence-corrected chi connectivity index (χ3v) is 5.70. The largest absolute Gasteiger partial charge is 0.204 e. The third-order valence-electron chi connectivity index (χ3n) is 2.19. The summed E-state index contributed by atoms with van der Waals surface area (Å²) in [6.45, 7) is 0. The average molecular weight is 402 g/mol. The van der Waals surface area contributed by atoms with Gasteiger partial charge in [0, 0.05) is 14.4 Å². The van der Waals surface area contributed by atoms with E-state index in [4.69, 9.17) is 11.6 Å². The molecule has 0 bridgehead atoms. The van der Waals surface area contributed by atoms with Crippen LogP contribution in [0.3, 0.4) is 0 Å². The SMILES string of the molecule is Fc1cc(Cl)c(C(Br)c2sccc2Br)cc1F. The Morgan fingerprint density at radius 3 is 2.47 bits per heavy atom. The molecular formula is C11H5Br2ClF2S. The molecule has 0 N–H and O–H groups in total. The number of halogens is 5. The van der Waals surface area contributed by atoms with Crippen molar-refractivity contribution in [2.75, 3.05) is 0 Å². The maximum absolute atomic E-state index is 13.2. The summed E-state index contributed by atoms with van der Waals surface area (Å²) in [5.74, 6) is -1.84. The van der Waals surface area contributed by atoms with Gasteiger partial charge in [-0.15, -0.1) is 11.3 Å². The molecule has 2 rings (SSSR count). The lowest BCUT2D eigenvalue weighted by Gasteiger charge is -2.11. The van der Waals surface area contributed by atoms with Crippen LogP contribution in [0.4, 0.5) is 8.78 Å². The first-order chi connectivity index (χ1) is 8.00. The summed E-state index contributed by atoms with van der Waals surface area (Å²) < 4.78 is 27.1. The first-order valence-electron chi connectivity index (χ1n) is 4.52. The Balaban J connectivity index is 2.48. The summed E-state index contributed by atoms with van der Waals surface area (Å²) in [4.78, 5) is 0.692. The zero-order chi connectivity index (χ0) is 12.6. The molecule has 0 saturated carbocycles. The Bertz CT molecular complexity index is 556. The second kappa shape index (κ2) is 5.34. The lowest BCUT2D eigenvalue weighted by molar-refractivity contribution is 0.507. The molecule has 1 unspecified atom stereocenters. The van der Waals surface area contributed by atoms with E-state index in [0.717, 1.165) is 21.5 Å². The fourth-order valence-corrected chi connectivity index (χ4v) is 4.60. The molecule has 0 nitrogen and oxygen atoms in total. The van der Waals surface area contributed by atoms with E-state index in [1.165, 1.54) is 11.3 Å². The highest BCUT2D eigenvalue weighted by atomic mass is 79.9. The van der Waals surface area contributed by atoms with Crippen molar-refractivity contribution in [2.24, 2.45) is 0 Å². The molecule has 1 aromatic carbocycles. The van der Waals surface area contributed by atoms with E-state index in [2.05, 4.69) is 31.9 Å². The number of benzene rings is 1. The molecule has 0 saturated heterocycles. The molecule has 1 atom stereocenters. The smallest absolute Gasteiger partial charge is 0.160 e. The van der Waals surface area contributed by atoms with Crippen LogP contribution < -0.4 is 0 Å². The van der Waals surface area contributed by atoms with E-state index in [0.29, 0.717) is 5.56 Å². The topological polar surface area (TPSA) is 0 Å². The molecule has 0 radical (unpaired) electrons. The second-order valence-electron chi connectivity index (χ2n) is 3.28. The molecule has 90 valence electrons. The first-order valence-corrected chi connectivity index (χ1v) is 7.48. The van der Waals surface area contributed by atoms with Crippen molar-refractivity contribution in [3.8, 4) is 0 Å². The van der Waals surface area contributed by atoms with Gasteiger partial charge in [-0.05, 0) is 45.1 Å². The molecule has 0 fully saturated rings. The molecule has 0 amide bonds. The minimum atomic E-state index is -0.941. The fraction of sp³-hybridized carbons (Fsp3) is 0.0909.